The van der Waals surface area contributed by atoms with Crippen LogP contribution in [-0.4, -0.2) is 60.5 Å². The first-order chi connectivity index (χ1) is 15.2. The third-order valence-corrected chi connectivity index (χ3v) is 4.56. The zero-order valence-corrected chi connectivity index (χ0v) is 21.8. The molecule has 0 aromatic heterocycles. The maximum absolute atomic E-state index is 11.8. The minimum atomic E-state index is -3.30. The van der Waals surface area contributed by atoms with Crippen LogP contribution in [0.3, 0.4) is 0 Å². The number of ether oxygens (including phenoxy) is 3. The minimum Gasteiger partial charge on any atom is -0.385 e. The van der Waals surface area contributed by atoms with Gasteiger partial charge in [-0.05, 0) is 32.1 Å². The van der Waals surface area contributed by atoms with E-state index in [1.165, 1.54) is 14.2 Å². The van der Waals surface area contributed by atoms with Crippen LogP contribution in [0.15, 0.2) is 0 Å². The Morgan fingerprint density at radius 2 is 1.09 bits per heavy atom. The van der Waals surface area contributed by atoms with Crippen molar-refractivity contribution >= 4 is 26.3 Å². The van der Waals surface area contributed by atoms with E-state index in [9.17, 15) is 25.2 Å². The molecule has 0 aromatic carbocycles. The predicted molar refractivity (Wildman–Crippen MR) is 118 cm³/mol. The van der Waals surface area contributed by atoms with E-state index in [0.29, 0.717) is 26.1 Å². The first-order valence-corrected chi connectivity index (χ1v) is 13.1. The summed E-state index contributed by atoms with van der Waals surface area (Å²) in [5.41, 5.74) is 0. The number of halogens is 6. The summed E-state index contributed by atoms with van der Waals surface area (Å²) in [6, 6.07) is 0. The molecule has 0 fully saturated rings. The molecule has 0 rings (SSSR count). The summed E-state index contributed by atoms with van der Waals surface area (Å²) >= 11 is 0. The van der Waals surface area contributed by atoms with Crippen molar-refractivity contribution in [3.63, 3.8) is 0 Å². The van der Waals surface area contributed by atoms with Crippen LogP contribution in [0.5, 0.6) is 0 Å². The Morgan fingerprint density at radius 3 is 1.50 bits per heavy atom. The van der Waals surface area contributed by atoms with Gasteiger partial charge in [-0.2, -0.15) is 25.2 Å². The van der Waals surface area contributed by atoms with Gasteiger partial charge < -0.3 is 23.3 Å². The molecular weight excluding hydrogens is 507 g/mol. The van der Waals surface area contributed by atoms with E-state index in [-0.39, 0.29) is 19.8 Å². The highest BCUT2D eigenvalue weighted by atomic mass is 31.2. The summed E-state index contributed by atoms with van der Waals surface area (Å²) in [6.45, 7) is 3.68. The Kier molecular flexibility index (Phi) is 36.8. The number of methoxy groups -OCH3 is 3. The molecule has 32 heavy (non-hydrogen) atoms. The number of rotatable bonds is 19. The molecule has 198 valence electrons. The Hall–Kier alpha value is 0.630. The Balaban J connectivity index is -0.000000398. The van der Waals surface area contributed by atoms with Crippen molar-refractivity contribution in [2.24, 2.45) is 0 Å². The molecule has 0 saturated heterocycles. The van der Waals surface area contributed by atoms with Crippen LogP contribution in [0, 0.1) is 0 Å². The standard InChI is InChI=1S/C6H13F2O3P.C6H13F2O2P.C5H11F2OP/c1-9-4-3-6(5-10-2)11-12(7)8;1-9-5-3-2-4-6-10-11(7)8;1-2-3-4-5-8-9(6)7/h6H,3-5H2,1-2H3;2-6H2,1H3;2-5H2,1H3. The second kappa shape index (κ2) is 31.6. The van der Waals surface area contributed by atoms with Gasteiger partial charge in [0.05, 0.1) is 25.9 Å². The molecule has 0 aliphatic rings. The lowest BCUT2D eigenvalue weighted by Gasteiger charge is -2.14. The van der Waals surface area contributed by atoms with E-state index in [2.05, 4.69) is 13.6 Å². The maximum Gasteiger partial charge on any atom is 0.415 e. The highest BCUT2D eigenvalue weighted by Crippen LogP contribution is 2.42. The van der Waals surface area contributed by atoms with Crippen molar-refractivity contribution in [3.8, 4) is 0 Å². The summed E-state index contributed by atoms with van der Waals surface area (Å²) in [5, 5.41) is 0. The van der Waals surface area contributed by atoms with Crippen LogP contribution < -0.4 is 0 Å². The summed E-state index contributed by atoms with van der Waals surface area (Å²) in [7, 11) is -5.00. The lowest BCUT2D eigenvalue weighted by Crippen LogP contribution is -2.18. The van der Waals surface area contributed by atoms with E-state index in [1.54, 1.807) is 7.11 Å². The largest absolute Gasteiger partial charge is 0.415 e. The molecule has 6 nitrogen and oxygen atoms in total. The van der Waals surface area contributed by atoms with Crippen LogP contribution in [0.1, 0.15) is 51.9 Å². The molecule has 0 aliphatic heterocycles. The Labute approximate surface area is 192 Å². The average Bonchev–Trinajstić information content (AvgIpc) is 2.72. The minimum absolute atomic E-state index is 0.169. The van der Waals surface area contributed by atoms with E-state index < -0.39 is 32.4 Å². The molecule has 0 amide bonds. The van der Waals surface area contributed by atoms with Gasteiger partial charge in [-0.25, -0.2) is 0 Å². The van der Waals surface area contributed by atoms with E-state index in [1.807, 2.05) is 6.92 Å². The summed E-state index contributed by atoms with van der Waals surface area (Å²) in [5.74, 6) is 0. The van der Waals surface area contributed by atoms with E-state index in [0.717, 1.165) is 32.1 Å². The van der Waals surface area contributed by atoms with Crippen molar-refractivity contribution in [3.05, 3.63) is 0 Å². The van der Waals surface area contributed by atoms with Gasteiger partial charge in [0.15, 0.2) is 0 Å². The topological polar surface area (TPSA) is 55.4 Å². The SMILES string of the molecule is CCCCCOP(F)F.COCCC(COC)OP(F)F.COCCCCCOP(F)F. The van der Waals surface area contributed by atoms with Crippen molar-refractivity contribution in [2.75, 3.05) is 54.4 Å². The van der Waals surface area contributed by atoms with Crippen molar-refractivity contribution < 1.29 is 53.0 Å². The van der Waals surface area contributed by atoms with Crippen LogP contribution in [0.2, 0.25) is 0 Å². The van der Waals surface area contributed by atoms with Crippen LogP contribution in [-0.2, 0) is 27.8 Å². The highest BCUT2D eigenvalue weighted by Gasteiger charge is 2.16. The fraction of sp³-hybridized carbons (Fsp3) is 1.00. The van der Waals surface area contributed by atoms with Gasteiger partial charge in [-0.15, -0.1) is 0 Å². The second-order valence-electron chi connectivity index (χ2n) is 6.00. The number of hydrogen-bond donors (Lipinski definition) is 0. The Bertz CT molecular complexity index is 343. The van der Waals surface area contributed by atoms with E-state index >= 15 is 0 Å². The van der Waals surface area contributed by atoms with Gasteiger partial charge in [0.25, 0.3) is 0 Å². The van der Waals surface area contributed by atoms with Crippen molar-refractivity contribution in [2.45, 2.75) is 58.0 Å². The lowest BCUT2D eigenvalue weighted by molar-refractivity contribution is 0.0557. The average molecular weight is 544 g/mol. The van der Waals surface area contributed by atoms with Gasteiger partial charge >= 0.3 is 26.3 Å². The molecule has 0 spiro atoms. The van der Waals surface area contributed by atoms with Gasteiger partial charge in [0.2, 0.25) is 0 Å². The monoisotopic (exact) mass is 544 g/mol. The smallest absolute Gasteiger partial charge is 0.385 e. The number of unbranched alkanes of at least 4 members (excludes halogenated alkanes) is 4. The molecule has 1 unspecified atom stereocenters. The van der Waals surface area contributed by atoms with Gasteiger partial charge in [0.1, 0.15) is 0 Å². The van der Waals surface area contributed by atoms with Crippen LogP contribution in [0.4, 0.5) is 25.2 Å². The highest BCUT2D eigenvalue weighted by molar-refractivity contribution is 7.41. The fourth-order valence-electron chi connectivity index (χ4n) is 1.86. The summed E-state index contributed by atoms with van der Waals surface area (Å²) in [4.78, 5) is 0. The number of hydrogen-bond acceptors (Lipinski definition) is 6. The van der Waals surface area contributed by atoms with Gasteiger partial charge in [-0.1, -0.05) is 19.8 Å². The van der Waals surface area contributed by atoms with Crippen LogP contribution >= 0.6 is 26.3 Å². The molecule has 0 radical (unpaired) electrons. The molecule has 15 heteroatoms. The molecule has 0 aliphatic carbocycles. The molecule has 0 saturated carbocycles. The zero-order valence-electron chi connectivity index (χ0n) is 19.1. The predicted octanol–water partition coefficient (Wildman–Crippen LogP) is 8.57. The van der Waals surface area contributed by atoms with Crippen molar-refractivity contribution in [1.82, 2.24) is 0 Å². The second-order valence-corrected chi connectivity index (χ2v) is 7.94. The Morgan fingerprint density at radius 1 is 0.594 bits per heavy atom. The molecule has 0 aromatic rings. The maximum atomic E-state index is 11.8. The van der Waals surface area contributed by atoms with Crippen LogP contribution in [0.25, 0.3) is 0 Å². The summed E-state index contributed by atoms with van der Waals surface area (Å²) in [6.07, 6.45) is 5.13. The van der Waals surface area contributed by atoms with E-state index in [4.69, 9.17) is 14.2 Å². The third-order valence-electron chi connectivity index (χ3n) is 3.34. The lowest BCUT2D eigenvalue weighted by atomic mass is 10.2. The third kappa shape index (κ3) is 40.9. The fourth-order valence-corrected chi connectivity index (χ4v) is 2.78. The zero-order chi connectivity index (χ0) is 25.0. The van der Waals surface area contributed by atoms with Crippen molar-refractivity contribution in [1.29, 1.82) is 0 Å². The molecule has 1 atom stereocenters. The molecule has 0 bridgehead atoms. The molecule has 0 heterocycles. The molecular formula is C17H37F6O6P3. The van der Waals surface area contributed by atoms with Gasteiger partial charge in [-0.3, -0.25) is 4.52 Å². The first-order valence-electron chi connectivity index (χ1n) is 9.99. The molecule has 0 N–H and O–H groups in total. The summed E-state index contributed by atoms with van der Waals surface area (Å²) < 4.78 is 95.7. The quantitative estimate of drug-likeness (QED) is 0.0923. The normalized spacial score (nSPS) is 11.9. The van der Waals surface area contributed by atoms with Gasteiger partial charge in [0, 0.05) is 34.5 Å². The first kappa shape index (κ1) is 37.2.